The highest BCUT2D eigenvalue weighted by Gasteiger charge is 2.44. The first kappa shape index (κ1) is 13.2. The molecule has 6 heteroatoms. The molecule has 1 aromatic carbocycles. The molecular formula is C12H12F2O3S. The lowest BCUT2D eigenvalue weighted by Gasteiger charge is -2.20. The molecule has 0 bridgehead atoms. The Morgan fingerprint density at radius 1 is 1.28 bits per heavy atom. The highest BCUT2D eigenvalue weighted by Crippen LogP contribution is 2.36. The number of alkyl halides is 2. The van der Waals surface area contributed by atoms with Gasteiger partial charge in [-0.15, -0.1) is 0 Å². The molecule has 0 spiro atoms. The lowest BCUT2D eigenvalue weighted by molar-refractivity contribution is 0.0866. The number of allylic oxidation sites excluding steroid dienone is 2. The van der Waals surface area contributed by atoms with Crippen molar-refractivity contribution >= 4 is 15.7 Å². The van der Waals surface area contributed by atoms with E-state index < -0.39 is 21.8 Å². The summed E-state index contributed by atoms with van der Waals surface area (Å²) in [6.45, 7) is 0. The number of aryl methyl sites for hydroxylation is 1. The zero-order chi connectivity index (χ0) is 13.4. The van der Waals surface area contributed by atoms with E-state index in [4.69, 9.17) is 4.55 Å². The van der Waals surface area contributed by atoms with Crippen molar-refractivity contribution in [3.63, 3.8) is 0 Å². The molecule has 0 fully saturated rings. The van der Waals surface area contributed by atoms with Crippen LogP contribution in [0.4, 0.5) is 8.78 Å². The summed E-state index contributed by atoms with van der Waals surface area (Å²) in [5, 5.41) is -4.15. The van der Waals surface area contributed by atoms with E-state index in [2.05, 4.69) is 0 Å². The van der Waals surface area contributed by atoms with Gasteiger partial charge in [-0.05, 0) is 29.5 Å². The molecule has 1 aliphatic rings. The number of benzene rings is 1. The molecule has 18 heavy (non-hydrogen) atoms. The van der Waals surface area contributed by atoms with Crippen molar-refractivity contribution < 1.29 is 21.8 Å². The summed E-state index contributed by atoms with van der Waals surface area (Å²) in [6.07, 6.45) is 1.94. The predicted octanol–water partition coefficient (Wildman–Crippen LogP) is 2.89. The van der Waals surface area contributed by atoms with Crippen molar-refractivity contribution in [1.29, 1.82) is 0 Å². The Morgan fingerprint density at radius 3 is 2.61 bits per heavy atom. The summed E-state index contributed by atoms with van der Waals surface area (Å²) in [4.78, 5) is 0. The second kappa shape index (κ2) is 4.44. The summed E-state index contributed by atoms with van der Waals surface area (Å²) in [7, 11) is -5.38. The molecule has 0 saturated carbocycles. The van der Waals surface area contributed by atoms with Crippen LogP contribution in [0.3, 0.4) is 0 Å². The van der Waals surface area contributed by atoms with Crippen LogP contribution < -0.4 is 0 Å². The van der Waals surface area contributed by atoms with Crippen LogP contribution in [0.2, 0.25) is 0 Å². The third kappa shape index (κ3) is 2.44. The Bertz CT molecular complexity index is 591. The Morgan fingerprint density at radius 2 is 1.94 bits per heavy atom. The van der Waals surface area contributed by atoms with Crippen molar-refractivity contribution in [2.45, 2.75) is 24.5 Å². The molecule has 98 valence electrons. The quantitative estimate of drug-likeness (QED) is 0.862. The van der Waals surface area contributed by atoms with Crippen LogP contribution in [-0.2, 0) is 16.5 Å². The highest BCUT2D eigenvalue weighted by atomic mass is 32.2. The summed E-state index contributed by atoms with van der Waals surface area (Å²) in [6, 6.07) is 7.03. The van der Waals surface area contributed by atoms with Gasteiger partial charge >= 0.3 is 15.4 Å². The van der Waals surface area contributed by atoms with Gasteiger partial charge < -0.3 is 0 Å². The normalized spacial score (nSPS) is 16.1. The predicted molar refractivity (Wildman–Crippen MR) is 63.9 cm³/mol. The molecule has 1 aromatic rings. The van der Waals surface area contributed by atoms with Crippen LogP contribution in [-0.4, -0.2) is 18.2 Å². The van der Waals surface area contributed by atoms with Gasteiger partial charge in [0.1, 0.15) is 0 Å². The Kier molecular flexibility index (Phi) is 3.25. The fourth-order valence-corrected chi connectivity index (χ4v) is 2.38. The minimum absolute atomic E-state index is 0.263. The smallest absolute Gasteiger partial charge is 0.281 e. The van der Waals surface area contributed by atoms with Crippen LogP contribution in [0.15, 0.2) is 30.3 Å². The maximum Gasteiger partial charge on any atom is 0.373 e. The van der Waals surface area contributed by atoms with Crippen LogP contribution >= 0.6 is 0 Å². The Labute approximate surface area is 104 Å². The summed E-state index contributed by atoms with van der Waals surface area (Å²) >= 11 is 0. The molecule has 2 rings (SSSR count). The molecule has 0 radical (unpaired) electrons. The largest absolute Gasteiger partial charge is 0.373 e. The van der Waals surface area contributed by atoms with E-state index in [1.807, 2.05) is 12.1 Å². The topological polar surface area (TPSA) is 54.4 Å². The minimum atomic E-state index is -5.38. The minimum Gasteiger partial charge on any atom is -0.281 e. The molecule has 0 amide bonds. The fraction of sp³-hybridized carbons (Fsp3) is 0.333. The second-order valence-corrected chi connectivity index (χ2v) is 5.76. The molecule has 3 nitrogen and oxygen atoms in total. The first-order valence-corrected chi connectivity index (χ1v) is 6.87. The molecule has 0 saturated heterocycles. The van der Waals surface area contributed by atoms with Gasteiger partial charge in [0.15, 0.2) is 0 Å². The molecule has 1 aliphatic carbocycles. The molecule has 0 atom stereocenters. The number of rotatable bonds is 3. The van der Waals surface area contributed by atoms with Gasteiger partial charge in [0.2, 0.25) is 0 Å². The lowest BCUT2D eigenvalue weighted by Crippen LogP contribution is -2.28. The number of halogens is 2. The van der Waals surface area contributed by atoms with Gasteiger partial charge in [-0.25, -0.2) is 0 Å². The number of fused-ring (bicyclic) bond motifs is 1. The Balaban J connectivity index is 2.34. The van der Waals surface area contributed by atoms with Gasteiger partial charge in [-0.2, -0.15) is 17.2 Å². The first-order chi connectivity index (χ1) is 8.31. The third-order valence-corrected chi connectivity index (χ3v) is 3.84. The van der Waals surface area contributed by atoms with E-state index in [0.29, 0.717) is 12.0 Å². The molecule has 0 aliphatic heterocycles. The standard InChI is InChI=1S/C12H12F2O3S/c13-12(14,18(15,16)17)8-10-6-3-5-9-4-1-2-7-11(9)10/h1-2,4,6-7H,3,5,8H2,(H,15,16,17). The van der Waals surface area contributed by atoms with E-state index in [-0.39, 0.29) is 5.57 Å². The summed E-state index contributed by atoms with van der Waals surface area (Å²) in [5.74, 6) is 0. The number of hydrogen-bond donors (Lipinski definition) is 1. The second-order valence-electron chi connectivity index (χ2n) is 4.21. The maximum absolute atomic E-state index is 13.3. The summed E-state index contributed by atoms with van der Waals surface area (Å²) < 4.78 is 56.4. The van der Waals surface area contributed by atoms with Gasteiger partial charge in [-0.1, -0.05) is 30.3 Å². The third-order valence-electron chi connectivity index (χ3n) is 2.94. The fourth-order valence-electron chi connectivity index (χ4n) is 2.04. The van der Waals surface area contributed by atoms with Crippen LogP contribution in [0.1, 0.15) is 24.0 Å². The van der Waals surface area contributed by atoms with Crippen LogP contribution in [0.5, 0.6) is 0 Å². The van der Waals surface area contributed by atoms with Gasteiger partial charge in [0.25, 0.3) is 0 Å². The lowest BCUT2D eigenvalue weighted by atomic mass is 9.89. The molecule has 0 unspecified atom stereocenters. The van der Waals surface area contributed by atoms with Crippen molar-refractivity contribution in [3.8, 4) is 0 Å². The number of hydrogen-bond acceptors (Lipinski definition) is 2. The zero-order valence-electron chi connectivity index (χ0n) is 9.44. The van der Waals surface area contributed by atoms with Gasteiger partial charge in [0.05, 0.1) is 6.42 Å². The maximum atomic E-state index is 13.3. The Hall–Kier alpha value is -1.27. The van der Waals surface area contributed by atoms with Crippen molar-refractivity contribution in [2.24, 2.45) is 0 Å². The van der Waals surface area contributed by atoms with Gasteiger partial charge in [0, 0.05) is 0 Å². The van der Waals surface area contributed by atoms with Crippen molar-refractivity contribution in [1.82, 2.24) is 0 Å². The zero-order valence-corrected chi connectivity index (χ0v) is 10.3. The monoisotopic (exact) mass is 274 g/mol. The van der Waals surface area contributed by atoms with E-state index in [0.717, 1.165) is 12.0 Å². The van der Waals surface area contributed by atoms with Gasteiger partial charge in [-0.3, -0.25) is 4.55 Å². The molecule has 0 aromatic heterocycles. The van der Waals surface area contributed by atoms with Crippen molar-refractivity contribution in [2.75, 3.05) is 0 Å². The molecular weight excluding hydrogens is 262 g/mol. The van der Waals surface area contributed by atoms with Crippen LogP contribution in [0.25, 0.3) is 5.57 Å². The summed E-state index contributed by atoms with van der Waals surface area (Å²) in [5.41, 5.74) is 1.81. The molecule has 1 N–H and O–H groups in total. The highest BCUT2D eigenvalue weighted by molar-refractivity contribution is 7.86. The average molecular weight is 274 g/mol. The first-order valence-electron chi connectivity index (χ1n) is 5.43. The average Bonchev–Trinajstić information content (AvgIpc) is 2.27. The van der Waals surface area contributed by atoms with E-state index >= 15 is 0 Å². The van der Waals surface area contributed by atoms with E-state index in [1.54, 1.807) is 18.2 Å². The van der Waals surface area contributed by atoms with Crippen molar-refractivity contribution in [3.05, 3.63) is 41.5 Å². The van der Waals surface area contributed by atoms with E-state index in [1.165, 1.54) is 0 Å². The molecule has 0 heterocycles. The van der Waals surface area contributed by atoms with E-state index in [9.17, 15) is 17.2 Å². The van der Waals surface area contributed by atoms with Crippen LogP contribution in [0, 0.1) is 0 Å². The SMILES string of the molecule is O=S(=O)(O)C(F)(F)CC1=CCCc2ccccc21.